The zero-order chi connectivity index (χ0) is 20.5. The number of nitrogens with one attached hydrogen (secondary N) is 1. The Morgan fingerprint density at radius 1 is 1.21 bits per heavy atom. The minimum atomic E-state index is -4.01. The maximum atomic E-state index is 12.7. The molecule has 28 heavy (non-hydrogen) atoms. The maximum absolute atomic E-state index is 12.7. The van der Waals surface area contributed by atoms with E-state index < -0.39 is 14.9 Å². The molecule has 0 aliphatic carbocycles. The predicted molar refractivity (Wildman–Crippen MR) is 106 cm³/mol. The van der Waals surface area contributed by atoms with E-state index in [4.69, 9.17) is 0 Å². The summed E-state index contributed by atoms with van der Waals surface area (Å²) >= 11 is 0. The van der Waals surface area contributed by atoms with Gasteiger partial charge in [-0.05, 0) is 36.6 Å². The molecule has 9 heteroatoms. The van der Waals surface area contributed by atoms with Gasteiger partial charge in [-0.3, -0.25) is 19.6 Å². The summed E-state index contributed by atoms with van der Waals surface area (Å²) in [6.45, 7) is 4.24. The molecule has 0 saturated heterocycles. The molecule has 1 amide bonds. The molecule has 1 heterocycles. The van der Waals surface area contributed by atoms with Crippen molar-refractivity contribution in [3.8, 4) is 0 Å². The summed E-state index contributed by atoms with van der Waals surface area (Å²) in [7, 11) is -4.01. The van der Waals surface area contributed by atoms with E-state index in [0.717, 1.165) is 24.5 Å². The Bertz CT molecular complexity index is 1030. The topological polar surface area (TPSA) is 110 Å². The van der Waals surface area contributed by atoms with Crippen molar-refractivity contribution < 1.29 is 18.1 Å². The molecule has 2 aromatic rings. The minimum absolute atomic E-state index is 0.0142. The highest BCUT2D eigenvalue weighted by molar-refractivity contribution is 7.92. The second-order valence-corrected chi connectivity index (χ2v) is 8.63. The number of amides is 1. The number of fused-ring (bicyclic) bond motifs is 1. The van der Waals surface area contributed by atoms with E-state index in [9.17, 15) is 23.3 Å². The van der Waals surface area contributed by atoms with Crippen LogP contribution >= 0.6 is 0 Å². The number of hydrogen-bond donors (Lipinski definition) is 1. The van der Waals surface area contributed by atoms with Crippen LogP contribution in [0.15, 0.2) is 47.4 Å². The number of hydrogen-bond acceptors (Lipinski definition) is 5. The third-order valence-electron chi connectivity index (χ3n) is 4.55. The van der Waals surface area contributed by atoms with Crippen molar-refractivity contribution in [2.45, 2.75) is 31.6 Å². The number of rotatable bonds is 5. The largest absolute Gasteiger partial charge is 0.312 e. The van der Waals surface area contributed by atoms with Crippen molar-refractivity contribution in [1.29, 1.82) is 0 Å². The third kappa shape index (κ3) is 3.99. The van der Waals surface area contributed by atoms with Gasteiger partial charge in [-0.1, -0.05) is 26.0 Å². The Balaban J connectivity index is 1.93. The summed E-state index contributed by atoms with van der Waals surface area (Å²) < 4.78 is 27.8. The van der Waals surface area contributed by atoms with E-state index in [2.05, 4.69) is 4.72 Å². The second kappa shape index (κ2) is 7.59. The molecule has 1 N–H and O–H groups in total. The van der Waals surface area contributed by atoms with Crippen LogP contribution in [0.4, 0.5) is 17.1 Å². The average Bonchev–Trinajstić information content (AvgIpc) is 2.66. The Morgan fingerprint density at radius 3 is 2.64 bits per heavy atom. The molecule has 0 unspecified atom stereocenters. The SMILES string of the molecule is CC(C)C(=O)N1CCCc2ccc(NS(=O)(=O)c3cccc([N+](=O)[O-])c3)cc21. The highest BCUT2D eigenvalue weighted by Gasteiger charge is 2.25. The van der Waals surface area contributed by atoms with Crippen molar-refractivity contribution in [2.24, 2.45) is 5.92 Å². The maximum Gasteiger partial charge on any atom is 0.270 e. The summed E-state index contributed by atoms with van der Waals surface area (Å²) in [4.78, 5) is 24.3. The van der Waals surface area contributed by atoms with Gasteiger partial charge in [-0.25, -0.2) is 8.42 Å². The van der Waals surface area contributed by atoms with E-state index in [1.807, 2.05) is 13.8 Å². The van der Waals surface area contributed by atoms with Gasteiger partial charge in [-0.15, -0.1) is 0 Å². The van der Waals surface area contributed by atoms with Gasteiger partial charge in [0.2, 0.25) is 5.91 Å². The van der Waals surface area contributed by atoms with Crippen LogP contribution in [-0.2, 0) is 21.2 Å². The van der Waals surface area contributed by atoms with Crippen molar-refractivity contribution in [3.63, 3.8) is 0 Å². The number of nitro groups is 1. The number of nitro benzene ring substituents is 1. The number of sulfonamides is 1. The quantitative estimate of drug-likeness (QED) is 0.608. The molecule has 3 rings (SSSR count). The van der Waals surface area contributed by atoms with Crippen molar-refractivity contribution in [3.05, 3.63) is 58.1 Å². The smallest absolute Gasteiger partial charge is 0.270 e. The standard InChI is InChI=1S/C19H21N3O5S/c1-13(2)19(23)21-10-4-5-14-8-9-15(11-18(14)21)20-28(26,27)17-7-3-6-16(12-17)22(24)25/h3,6-9,11-13,20H,4-5,10H2,1-2H3. The van der Waals surface area contributed by atoms with E-state index in [-0.39, 0.29) is 22.4 Å². The molecule has 1 aliphatic rings. The summed E-state index contributed by atoms with van der Waals surface area (Å²) in [6, 6.07) is 9.94. The number of carbonyl (C=O) groups excluding carboxylic acids is 1. The molecule has 148 valence electrons. The molecule has 8 nitrogen and oxygen atoms in total. The lowest BCUT2D eigenvalue weighted by Crippen LogP contribution is -2.38. The van der Waals surface area contributed by atoms with Crippen LogP contribution in [0.5, 0.6) is 0 Å². The number of nitrogens with zero attached hydrogens (tertiary/aromatic N) is 2. The lowest BCUT2D eigenvalue weighted by molar-refractivity contribution is -0.385. The van der Waals surface area contributed by atoms with Crippen LogP contribution in [0.25, 0.3) is 0 Å². The van der Waals surface area contributed by atoms with Crippen LogP contribution in [0.3, 0.4) is 0 Å². The molecule has 1 aliphatic heterocycles. The van der Waals surface area contributed by atoms with Crippen molar-refractivity contribution >= 4 is 33.0 Å². The lowest BCUT2D eigenvalue weighted by atomic mass is 9.99. The Kier molecular flexibility index (Phi) is 5.37. The average molecular weight is 403 g/mol. The number of benzene rings is 2. The van der Waals surface area contributed by atoms with Crippen LogP contribution in [0, 0.1) is 16.0 Å². The van der Waals surface area contributed by atoms with Crippen molar-refractivity contribution in [1.82, 2.24) is 0 Å². The first-order valence-corrected chi connectivity index (χ1v) is 10.4. The molecule has 0 aromatic heterocycles. The zero-order valence-electron chi connectivity index (χ0n) is 15.6. The Hall–Kier alpha value is -2.94. The fourth-order valence-electron chi connectivity index (χ4n) is 3.16. The first-order valence-electron chi connectivity index (χ1n) is 8.90. The van der Waals surface area contributed by atoms with Gasteiger partial charge in [0.05, 0.1) is 15.5 Å². The molecule has 0 spiro atoms. The first kappa shape index (κ1) is 19.8. The molecule has 0 fully saturated rings. The van der Waals surface area contributed by atoms with Crippen LogP contribution < -0.4 is 9.62 Å². The number of carbonyl (C=O) groups is 1. The van der Waals surface area contributed by atoms with E-state index in [0.29, 0.717) is 17.9 Å². The molecule has 0 saturated carbocycles. The highest BCUT2D eigenvalue weighted by Crippen LogP contribution is 2.32. The molecular weight excluding hydrogens is 382 g/mol. The van der Waals surface area contributed by atoms with Gasteiger partial charge in [0.15, 0.2) is 0 Å². The molecule has 0 bridgehead atoms. The lowest BCUT2D eigenvalue weighted by Gasteiger charge is -2.31. The van der Waals surface area contributed by atoms with E-state index in [1.165, 1.54) is 18.2 Å². The van der Waals surface area contributed by atoms with Crippen molar-refractivity contribution in [2.75, 3.05) is 16.2 Å². The predicted octanol–water partition coefficient (Wildman–Crippen LogP) is 3.33. The van der Waals surface area contributed by atoms with Crippen LogP contribution in [-0.4, -0.2) is 25.8 Å². The van der Waals surface area contributed by atoms with Crippen LogP contribution in [0.1, 0.15) is 25.8 Å². The summed E-state index contributed by atoms with van der Waals surface area (Å²) in [6.07, 6.45) is 1.67. The third-order valence-corrected chi connectivity index (χ3v) is 5.93. The van der Waals surface area contributed by atoms with Crippen LogP contribution in [0.2, 0.25) is 0 Å². The fraction of sp³-hybridized carbons (Fsp3) is 0.316. The number of anilines is 2. The number of aryl methyl sites for hydroxylation is 1. The van der Waals surface area contributed by atoms with Gasteiger partial charge in [-0.2, -0.15) is 0 Å². The second-order valence-electron chi connectivity index (χ2n) is 6.95. The minimum Gasteiger partial charge on any atom is -0.312 e. The van der Waals surface area contributed by atoms with Gasteiger partial charge in [0.1, 0.15) is 0 Å². The molecule has 0 atom stereocenters. The van der Waals surface area contributed by atoms with Gasteiger partial charge in [0.25, 0.3) is 15.7 Å². The zero-order valence-corrected chi connectivity index (χ0v) is 16.4. The molecular formula is C19H21N3O5S. The monoisotopic (exact) mass is 403 g/mol. The highest BCUT2D eigenvalue weighted by atomic mass is 32.2. The van der Waals surface area contributed by atoms with Gasteiger partial charge >= 0.3 is 0 Å². The van der Waals surface area contributed by atoms with E-state index in [1.54, 1.807) is 23.1 Å². The number of non-ortho nitro benzene ring substituents is 1. The summed E-state index contributed by atoms with van der Waals surface area (Å²) in [5, 5.41) is 10.9. The van der Waals surface area contributed by atoms with Gasteiger partial charge < -0.3 is 4.90 Å². The fourth-order valence-corrected chi connectivity index (χ4v) is 4.25. The Morgan fingerprint density at radius 2 is 1.96 bits per heavy atom. The molecule has 2 aromatic carbocycles. The van der Waals surface area contributed by atoms with Gasteiger partial charge in [0, 0.05) is 30.3 Å². The van der Waals surface area contributed by atoms with E-state index >= 15 is 0 Å². The first-order chi connectivity index (χ1) is 13.2. The Labute approximate surface area is 163 Å². The normalized spacial score (nSPS) is 13.9. The summed E-state index contributed by atoms with van der Waals surface area (Å²) in [5.41, 5.74) is 1.68. The summed E-state index contributed by atoms with van der Waals surface area (Å²) in [5.74, 6) is -0.184. The molecule has 0 radical (unpaired) electrons.